The van der Waals surface area contributed by atoms with Crippen molar-refractivity contribution in [1.29, 1.82) is 0 Å². The second-order valence-corrected chi connectivity index (χ2v) is 5.68. The fraction of sp³-hybridized carbons (Fsp3) is 0.211. The number of hydrogen-bond acceptors (Lipinski definition) is 5. The first-order valence-corrected chi connectivity index (χ1v) is 8.03. The van der Waals surface area contributed by atoms with Crippen molar-refractivity contribution in [3.8, 4) is 11.5 Å². The predicted molar refractivity (Wildman–Crippen MR) is 88.4 cm³/mol. The van der Waals surface area contributed by atoms with Crippen LogP contribution in [0.1, 0.15) is 21.9 Å². The molecule has 0 bridgehead atoms. The number of amides is 1. The lowest BCUT2D eigenvalue weighted by molar-refractivity contribution is 0.0703. The maximum absolute atomic E-state index is 13.0. The Hall–Kier alpha value is -3.15. The minimum atomic E-state index is -0.134. The van der Waals surface area contributed by atoms with Crippen LogP contribution in [0.3, 0.4) is 0 Å². The number of carbonyl (C=O) groups excluding carboxylic acids is 1. The molecule has 0 saturated carbocycles. The van der Waals surface area contributed by atoms with Gasteiger partial charge in [0.1, 0.15) is 24.7 Å². The fourth-order valence-electron chi connectivity index (χ4n) is 2.74. The van der Waals surface area contributed by atoms with E-state index in [1.165, 1.54) is 0 Å². The summed E-state index contributed by atoms with van der Waals surface area (Å²) >= 11 is 0. The lowest BCUT2D eigenvalue weighted by Crippen LogP contribution is -2.30. The van der Waals surface area contributed by atoms with Gasteiger partial charge < -0.3 is 23.2 Å². The van der Waals surface area contributed by atoms with E-state index in [0.29, 0.717) is 54.9 Å². The summed E-state index contributed by atoms with van der Waals surface area (Å²) in [5, 5.41) is 0. The molecule has 0 spiro atoms. The first-order chi connectivity index (χ1) is 12.3. The van der Waals surface area contributed by atoms with E-state index in [9.17, 15) is 4.79 Å². The van der Waals surface area contributed by atoms with E-state index < -0.39 is 0 Å². The molecule has 3 aromatic rings. The number of nitrogens with zero attached hydrogens (tertiary/aromatic N) is 1. The van der Waals surface area contributed by atoms with E-state index in [4.69, 9.17) is 18.3 Å². The normalized spacial score (nSPS) is 12.8. The van der Waals surface area contributed by atoms with Crippen LogP contribution in [-0.4, -0.2) is 24.0 Å². The highest BCUT2D eigenvalue weighted by atomic mass is 16.6. The molecule has 6 heteroatoms. The first kappa shape index (κ1) is 15.4. The number of benzene rings is 1. The SMILES string of the molecule is O=C(c1ccc2c(c1)OCCO2)N(Cc1ccco1)Cc1ccco1. The van der Waals surface area contributed by atoms with E-state index in [1.807, 2.05) is 12.1 Å². The summed E-state index contributed by atoms with van der Waals surface area (Å²) in [6, 6.07) is 12.5. The highest BCUT2D eigenvalue weighted by Crippen LogP contribution is 2.31. The van der Waals surface area contributed by atoms with E-state index in [2.05, 4.69) is 0 Å². The molecule has 0 atom stereocenters. The molecule has 6 nitrogen and oxygen atoms in total. The van der Waals surface area contributed by atoms with Gasteiger partial charge in [-0.05, 0) is 42.5 Å². The molecule has 4 rings (SSSR count). The second kappa shape index (κ2) is 6.76. The number of furan rings is 2. The Bertz CT molecular complexity index is 803. The van der Waals surface area contributed by atoms with Crippen molar-refractivity contribution >= 4 is 5.91 Å². The molecule has 128 valence electrons. The highest BCUT2D eigenvalue weighted by Gasteiger charge is 2.21. The molecule has 0 fully saturated rings. The zero-order valence-electron chi connectivity index (χ0n) is 13.5. The van der Waals surface area contributed by atoms with Crippen LogP contribution in [0.5, 0.6) is 11.5 Å². The average molecular weight is 339 g/mol. The van der Waals surface area contributed by atoms with Crippen molar-refractivity contribution in [3.05, 3.63) is 72.1 Å². The van der Waals surface area contributed by atoms with Gasteiger partial charge >= 0.3 is 0 Å². The van der Waals surface area contributed by atoms with Gasteiger partial charge in [-0.25, -0.2) is 0 Å². The Labute approximate surface area is 144 Å². The third-order valence-corrected chi connectivity index (χ3v) is 3.93. The van der Waals surface area contributed by atoms with Crippen LogP contribution >= 0.6 is 0 Å². The Kier molecular flexibility index (Phi) is 4.16. The number of fused-ring (bicyclic) bond motifs is 1. The molecule has 0 radical (unpaired) electrons. The number of carbonyl (C=O) groups is 1. The van der Waals surface area contributed by atoms with Crippen LogP contribution < -0.4 is 9.47 Å². The summed E-state index contributed by atoms with van der Waals surface area (Å²) in [4.78, 5) is 14.7. The Morgan fingerprint density at radius 1 is 0.880 bits per heavy atom. The standard InChI is InChI=1S/C19H17NO5/c21-19(14-5-6-17-18(11-14)25-10-9-24-17)20(12-15-3-1-7-22-15)13-16-4-2-8-23-16/h1-8,11H,9-10,12-13H2. The molecule has 1 aliphatic rings. The maximum Gasteiger partial charge on any atom is 0.254 e. The summed E-state index contributed by atoms with van der Waals surface area (Å²) < 4.78 is 21.9. The topological polar surface area (TPSA) is 65.1 Å². The van der Waals surface area contributed by atoms with Gasteiger partial charge in [-0.2, -0.15) is 0 Å². The minimum absolute atomic E-state index is 0.134. The van der Waals surface area contributed by atoms with E-state index >= 15 is 0 Å². The van der Waals surface area contributed by atoms with Gasteiger partial charge in [0.15, 0.2) is 11.5 Å². The molecule has 1 aliphatic heterocycles. The smallest absolute Gasteiger partial charge is 0.254 e. The largest absolute Gasteiger partial charge is 0.486 e. The predicted octanol–water partition coefficient (Wildman–Crippen LogP) is 3.49. The van der Waals surface area contributed by atoms with Crippen molar-refractivity contribution < 1.29 is 23.1 Å². The van der Waals surface area contributed by atoms with Gasteiger partial charge in [0.05, 0.1) is 25.6 Å². The summed E-state index contributed by atoms with van der Waals surface area (Å²) in [6.45, 7) is 1.69. The summed E-state index contributed by atoms with van der Waals surface area (Å²) in [6.07, 6.45) is 3.18. The van der Waals surface area contributed by atoms with Crippen molar-refractivity contribution in [2.45, 2.75) is 13.1 Å². The average Bonchev–Trinajstić information content (AvgIpc) is 3.34. The number of rotatable bonds is 5. The molecule has 0 aliphatic carbocycles. The maximum atomic E-state index is 13.0. The quantitative estimate of drug-likeness (QED) is 0.712. The lowest BCUT2D eigenvalue weighted by atomic mass is 10.1. The minimum Gasteiger partial charge on any atom is -0.486 e. The van der Waals surface area contributed by atoms with Crippen molar-refractivity contribution in [3.63, 3.8) is 0 Å². The molecule has 0 unspecified atom stereocenters. The summed E-state index contributed by atoms with van der Waals surface area (Å²) in [5.41, 5.74) is 0.530. The van der Waals surface area contributed by atoms with E-state index in [-0.39, 0.29) is 5.91 Å². The van der Waals surface area contributed by atoms with Gasteiger partial charge in [-0.15, -0.1) is 0 Å². The molecule has 1 aromatic carbocycles. The molecular formula is C19H17NO5. The molecular weight excluding hydrogens is 322 g/mol. The van der Waals surface area contributed by atoms with Gasteiger partial charge in [0, 0.05) is 5.56 Å². The molecule has 1 amide bonds. The fourth-order valence-corrected chi connectivity index (χ4v) is 2.74. The summed E-state index contributed by atoms with van der Waals surface area (Å²) in [5.74, 6) is 2.53. The molecule has 0 N–H and O–H groups in total. The van der Waals surface area contributed by atoms with Crippen LogP contribution in [0.4, 0.5) is 0 Å². The first-order valence-electron chi connectivity index (χ1n) is 8.03. The molecule has 0 saturated heterocycles. The van der Waals surface area contributed by atoms with Crippen LogP contribution in [-0.2, 0) is 13.1 Å². The Morgan fingerprint density at radius 2 is 1.52 bits per heavy atom. The number of hydrogen-bond donors (Lipinski definition) is 0. The third kappa shape index (κ3) is 3.38. The van der Waals surface area contributed by atoms with Crippen LogP contribution in [0.25, 0.3) is 0 Å². The van der Waals surface area contributed by atoms with Crippen LogP contribution in [0.2, 0.25) is 0 Å². The zero-order chi connectivity index (χ0) is 17.1. The van der Waals surface area contributed by atoms with E-state index in [1.54, 1.807) is 47.8 Å². The Morgan fingerprint density at radius 3 is 2.12 bits per heavy atom. The lowest BCUT2D eigenvalue weighted by Gasteiger charge is -2.22. The van der Waals surface area contributed by atoms with Gasteiger partial charge in [-0.1, -0.05) is 0 Å². The van der Waals surface area contributed by atoms with Crippen molar-refractivity contribution in [2.24, 2.45) is 0 Å². The van der Waals surface area contributed by atoms with Crippen LogP contribution in [0, 0.1) is 0 Å². The third-order valence-electron chi connectivity index (χ3n) is 3.93. The number of ether oxygens (including phenoxy) is 2. The van der Waals surface area contributed by atoms with E-state index in [0.717, 1.165) is 0 Å². The second-order valence-electron chi connectivity index (χ2n) is 5.68. The summed E-state index contributed by atoms with van der Waals surface area (Å²) in [7, 11) is 0. The molecule has 3 heterocycles. The van der Waals surface area contributed by atoms with Crippen LogP contribution in [0.15, 0.2) is 63.8 Å². The monoisotopic (exact) mass is 339 g/mol. The molecule has 2 aromatic heterocycles. The zero-order valence-corrected chi connectivity index (χ0v) is 13.5. The molecule has 25 heavy (non-hydrogen) atoms. The van der Waals surface area contributed by atoms with Crippen molar-refractivity contribution in [2.75, 3.05) is 13.2 Å². The van der Waals surface area contributed by atoms with Crippen molar-refractivity contribution in [1.82, 2.24) is 4.90 Å². The Balaban J connectivity index is 1.60. The van der Waals surface area contributed by atoms with Gasteiger partial charge in [-0.3, -0.25) is 4.79 Å². The highest BCUT2D eigenvalue weighted by molar-refractivity contribution is 5.94. The van der Waals surface area contributed by atoms with Gasteiger partial charge in [0.2, 0.25) is 0 Å². The van der Waals surface area contributed by atoms with Gasteiger partial charge in [0.25, 0.3) is 5.91 Å².